The zero-order valence-electron chi connectivity index (χ0n) is 9.58. The molecule has 1 aliphatic heterocycles. The molecule has 0 radical (unpaired) electrons. The summed E-state index contributed by atoms with van der Waals surface area (Å²) < 4.78 is 6.35. The maximum absolute atomic E-state index is 10.9. The smallest absolute Gasteiger partial charge is 0.303 e. The number of rotatable bonds is 4. The Kier molecular flexibility index (Phi) is 3.93. The fraction of sp³-hybridized carbons (Fsp3) is 0.909. The molecule has 0 bridgehead atoms. The molecule has 1 fully saturated rings. The average molecular weight is 200 g/mol. The molecule has 1 aliphatic rings. The maximum atomic E-state index is 10.9. The molecule has 0 aliphatic carbocycles. The SMILES string of the molecule is CCC(C[N+]1(C)CCCC1)OC(C)=O. The van der Waals surface area contributed by atoms with Gasteiger partial charge in [0, 0.05) is 19.8 Å². The van der Waals surface area contributed by atoms with Gasteiger partial charge < -0.3 is 9.22 Å². The maximum Gasteiger partial charge on any atom is 0.303 e. The van der Waals surface area contributed by atoms with E-state index < -0.39 is 0 Å². The number of ether oxygens (including phenoxy) is 1. The highest BCUT2D eigenvalue weighted by atomic mass is 16.5. The number of quaternary nitrogens is 1. The quantitative estimate of drug-likeness (QED) is 0.508. The van der Waals surface area contributed by atoms with Gasteiger partial charge in [0.25, 0.3) is 0 Å². The molecule has 0 N–H and O–H groups in total. The Bertz CT molecular complexity index is 197. The van der Waals surface area contributed by atoms with Crippen LogP contribution in [0.25, 0.3) is 0 Å². The first kappa shape index (κ1) is 11.5. The van der Waals surface area contributed by atoms with Gasteiger partial charge in [0.05, 0.1) is 20.1 Å². The van der Waals surface area contributed by atoms with Gasteiger partial charge in [-0.15, -0.1) is 0 Å². The van der Waals surface area contributed by atoms with Crippen LogP contribution in [0.1, 0.15) is 33.1 Å². The van der Waals surface area contributed by atoms with Crippen molar-refractivity contribution in [2.45, 2.75) is 39.2 Å². The van der Waals surface area contributed by atoms with E-state index >= 15 is 0 Å². The Hall–Kier alpha value is -0.570. The molecule has 3 nitrogen and oxygen atoms in total. The minimum Gasteiger partial charge on any atom is -0.457 e. The normalized spacial score (nSPS) is 21.9. The molecule has 14 heavy (non-hydrogen) atoms. The van der Waals surface area contributed by atoms with Gasteiger partial charge in [-0.2, -0.15) is 0 Å². The van der Waals surface area contributed by atoms with Crippen LogP contribution < -0.4 is 0 Å². The molecule has 0 aromatic carbocycles. The third-order valence-corrected chi connectivity index (χ3v) is 3.08. The molecule has 1 saturated heterocycles. The first-order valence-electron chi connectivity index (χ1n) is 5.56. The zero-order chi connectivity index (χ0) is 10.6. The predicted octanol–water partition coefficient (Wildman–Crippen LogP) is 1.57. The second-order valence-corrected chi connectivity index (χ2v) is 4.60. The third kappa shape index (κ3) is 3.29. The molecular weight excluding hydrogens is 178 g/mol. The Morgan fingerprint density at radius 3 is 2.43 bits per heavy atom. The van der Waals surface area contributed by atoms with Crippen LogP contribution in [0.15, 0.2) is 0 Å². The Morgan fingerprint density at radius 2 is 2.00 bits per heavy atom. The van der Waals surface area contributed by atoms with Crippen molar-refractivity contribution < 1.29 is 14.0 Å². The summed E-state index contributed by atoms with van der Waals surface area (Å²) in [5.74, 6) is -0.150. The van der Waals surface area contributed by atoms with Crippen LogP contribution in [0.5, 0.6) is 0 Å². The van der Waals surface area contributed by atoms with E-state index in [1.165, 1.54) is 32.9 Å². The van der Waals surface area contributed by atoms with Crippen LogP contribution in [0.4, 0.5) is 0 Å². The van der Waals surface area contributed by atoms with Crippen molar-refractivity contribution in [3.63, 3.8) is 0 Å². The fourth-order valence-corrected chi connectivity index (χ4v) is 2.26. The van der Waals surface area contributed by atoms with E-state index in [4.69, 9.17) is 4.74 Å². The average Bonchev–Trinajstić information content (AvgIpc) is 2.50. The van der Waals surface area contributed by atoms with E-state index in [1.54, 1.807) is 0 Å². The number of likely N-dealkylation sites (N-methyl/N-ethyl adjacent to an activating group) is 1. The monoisotopic (exact) mass is 200 g/mol. The highest BCUT2D eigenvalue weighted by Crippen LogP contribution is 2.18. The Balaban J connectivity index is 2.42. The van der Waals surface area contributed by atoms with Crippen molar-refractivity contribution >= 4 is 5.97 Å². The number of esters is 1. The molecule has 82 valence electrons. The van der Waals surface area contributed by atoms with E-state index in [-0.39, 0.29) is 12.1 Å². The van der Waals surface area contributed by atoms with Gasteiger partial charge >= 0.3 is 5.97 Å². The number of hydrogen-bond donors (Lipinski definition) is 0. The number of carbonyl (C=O) groups excluding carboxylic acids is 1. The molecule has 0 amide bonds. The molecule has 1 heterocycles. The van der Waals surface area contributed by atoms with Crippen molar-refractivity contribution in [3.8, 4) is 0 Å². The highest BCUT2D eigenvalue weighted by molar-refractivity contribution is 5.66. The molecule has 1 rings (SSSR count). The highest BCUT2D eigenvalue weighted by Gasteiger charge is 2.30. The summed E-state index contributed by atoms with van der Waals surface area (Å²) >= 11 is 0. The Labute approximate surface area is 86.6 Å². The lowest BCUT2D eigenvalue weighted by Gasteiger charge is -2.32. The minimum absolute atomic E-state index is 0.107. The summed E-state index contributed by atoms with van der Waals surface area (Å²) in [7, 11) is 2.26. The van der Waals surface area contributed by atoms with Crippen LogP contribution in [0.2, 0.25) is 0 Å². The summed E-state index contributed by atoms with van der Waals surface area (Å²) in [5.41, 5.74) is 0. The summed E-state index contributed by atoms with van der Waals surface area (Å²) in [4.78, 5) is 10.9. The van der Waals surface area contributed by atoms with E-state index in [2.05, 4.69) is 14.0 Å². The number of likely N-dealkylation sites (tertiary alicyclic amines) is 1. The van der Waals surface area contributed by atoms with Gasteiger partial charge in [-0.05, 0) is 6.42 Å². The van der Waals surface area contributed by atoms with Crippen LogP contribution in [0, 0.1) is 0 Å². The molecule has 0 aromatic rings. The van der Waals surface area contributed by atoms with E-state index in [1.807, 2.05) is 0 Å². The van der Waals surface area contributed by atoms with Crippen molar-refractivity contribution in [2.24, 2.45) is 0 Å². The molecule has 0 spiro atoms. The van der Waals surface area contributed by atoms with Crippen molar-refractivity contribution in [3.05, 3.63) is 0 Å². The topological polar surface area (TPSA) is 26.3 Å². The number of hydrogen-bond acceptors (Lipinski definition) is 2. The van der Waals surface area contributed by atoms with Crippen LogP contribution in [0.3, 0.4) is 0 Å². The van der Waals surface area contributed by atoms with Crippen LogP contribution in [-0.2, 0) is 9.53 Å². The summed E-state index contributed by atoms with van der Waals surface area (Å²) in [6.45, 7) is 7.02. The zero-order valence-corrected chi connectivity index (χ0v) is 9.58. The fourth-order valence-electron chi connectivity index (χ4n) is 2.26. The second kappa shape index (κ2) is 4.78. The van der Waals surface area contributed by atoms with Gasteiger partial charge in [0.15, 0.2) is 6.10 Å². The molecule has 0 aromatic heterocycles. The number of carbonyl (C=O) groups is 1. The van der Waals surface area contributed by atoms with E-state index in [9.17, 15) is 4.79 Å². The van der Waals surface area contributed by atoms with Gasteiger partial charge in [-0.1, -0.05) is 6.92 Å². The Morgan fingerprint density at radius 1 is 1.43 bits per heavy atom. The van der Waals surface area contributed by atoms with Gasteiger partial charge in [-0.3, -0.25) is 4.79 Å². The second-order valence-electron chi connectivity index (χ2n) is 4.60. The van der Waals surface area contributed by atoms with Crippen molar-refractivity contribution in [2.75, 3.05) is 26.7 Å². The first-order valence-corrected chi connectivity index (χ1v) is 5.56. The van der Waals surface area contributed by atoms with Gasteiger partial charge in [0.2, 0.25) is 0 Å². The van der Waals surface area contributed by atoms with E-state index in [0.29, 0.717) is 0 Å². The predicted molar refractivity (Wildman–Crippen MR) is 55.9 cm³/mol. The van der Waals surface area contributed by atoms with Crippen LogP contribution in [-0.4, -0.2) is 43.2 Å². The molecule has 1 atom stereocenters. The minimum atomic E-state index is -0.150. The lowest BCUT2D eigenvalue weighted by atomic mass is 10.2. The molecule has 1 unspecified atom stereocenters. The summed E-state index contributed by atoms with van der Waals surface area (Å²) in [6.07, 6.45) is 3.66. The number of nitrogens with zero attached hydrogens (tertiary/aromatic N) is 1. The summed E-state index contributed by atoms with van der Waals surface area (Å²) in [5, 5.41) is 0. The standard InChI is InChI=1S/C11H22NO2/c1-4-11(14-10(2)13)9-12(3)7-5-6-8-12/h11H,4-9H2,1-3H3/q+1. The van der Waals surface area contributed by atoms with Crippen molar-refractivity contribution in [1.82, 2.24) is 0 Å². The lowest BCUT2D eigenvalue weighted by molar-refractivity contribution is -0.900. The van der Waals surface area contributed by atoms with Gasteiger partial charge in [-0.25, -0.2) is 0 Å². The lowest BCUT2D eigenvalue weighted by Crippen LogP contribution is -2.47. The van der Waals surface area contributed by atoms with Gasteiger partial charge in [0.1, 0.15) is 6.54 Å². The molecular formula is C11H22NO2+. The largest absolute Gasteiger partial charge is 0.457 e. The third-order valence-electron chi connectivity index (χ3n) is 3.08. The van der Waals surface area contributed by atoms with Crippen LogP contribution >= 0.6 is 0 Å². The molecule has 3 heteroatoms. The van der Waals surface area contributed by atoms with Crippen molar-refractivity contribution in [1.29, 1.82) is 0 Å². The van der Waals surface area contributed by atoms with E-state index in [0.717, 1.165) is 17.4 Å². The molecule has 0 saturated carbocycles. The summed E-state index contributed by atoms with van der Waals surface area (Å²) in [6, 6.07) is 0. The first-order chi connectivity index (χ1) is 6.56.